The zero-order valence-corrected chi connectivity index (χ0v) is 11.8. The third kappa shape index (κ3) is 6.66. The van der Waals surface area contributed by atoms with Crippen molar-refractivity contribution in [3.8, 4) is 0 Å². The van der Waals surface area contributed by atoms with Crippen molar-refractivity contribution in [2.75, 3.05) is 5.33 Å². The van der Waals surface area contributed by atoms with Crippen LogP contribution >= 0.6 is 15.9 Å². The molecule has 0 aromatic heterocycles. The predicted molar refractivity (Wildman–Crippen MR) is 62.7 cm³/mol. The van der Waals surface area contributed by atoms with E-state index in [1.807, 2.05) is 0 Å². The second kappa shape index (κ2) is 6.17. The second-order valence-electron chi connectivity index (χ2n) is 3.91. The highest BCUT2D eigenvalue weighted by molar-refractivity contribution is 9.09. The van der Waals surface area contributed by atoms with Crippen molar-refractivity contribution in [1.82, 2.24) is 0 Å². The first-order valence-electron chi connectivity index (χ1n) is 4.81. The molecule has 0 saturated heterocycles. The van der Waals surface area contributed by atoms with Crippen molar-refractivity contribution in [2.24, 2.45) is 0 Å². The van der Waals surface area contributed by atoms with Crippen LogP contribution in [-0.2, 0) is 8.85 Å². The summed E-state index contributed by atoms with van der Waals surface area (Å²) >= 11 is 3.44. The minimum absolute atomic E-state index is 0.259. The lowest BCUT2D eigenvalue weighted by molar-refractivity contribution is 0.110. The maximum Gasteiger partial charge on any atom is 0.336 e. The second-order valence-corrected chi connectivity index (χ2v) is 7.94. The summed E-state index contributed by atoms with van der Waals surface area (Å²) in [6.45, 7) is 10.4. The van der Waals surface area contributed by atoms with Gasteiger partial charge in [0.05, 0.1) is 0 Å². The van der Waals surface area contributed by atoms with E-state index >= 15 is 0 Å². The Morgan fingerprint density at radius 2 is 1.46 bits per heavy atom. The van der Waals surface area contributed by atoms with Gasteiger partial charge in [-0.2, -0.15) is 0 Å². The summed E-state index contributed by atoms with van der Waals surface area (Å²) in [5, 5.41) is 0.954. The normalized spacial score (nSPS) is 12.9. The van der Waals surface area contributed by atoms with Gasteiger partial charge in [0.1, 0.15) is 0 Å². The van der Waals surface area contributed by atoms with E-state index in [1.54, 1.807) is 0 Å². The Morgan fingerprint density at radius 1 is 1.08 bits per heavy atom. The minimum Gasteiger partial charge on any atom is -0.392 e. The molecule has 0 aromatic carbocycles. The molecule has 0 aliphatic rings. The van der Waals surface area contributed by atoms with Crippen LogP contribution in [0.25, 0.3) is 0 Å². The van der Waals surface area contributed by atoms with E-state index in [1.165, 1.54) is 0 Å². The van der Waals surface area contributed by atoms with Crippen LogP contribution in [0.3, 0.4) is 0 Å². The van der Waals surface area contributed by atoms with Crippen LogP contribution < -0.4 is 0 Å². The first-order valence-corrected chi connectivity index (χ1v) is 8.45. The fourth-order valence-corrected chi connectivity index (χ4v) is 6.10. The Labute approximate surface area is 91.4 Å². The van der Waals surface area contributed by atoms with Crippen LogP contribution in [0.5, 0.6) is 0 Å². The molecule has 80 valence electrons. The maximum atomic E-state index is 5.88. The van der Waals surface area contributed by atoms with Crippen molar-refractivity contribution >= 4 is 24.5 Å². The lowest BCUT2D eigenvalue weighted by Gasteiger charge is -2.30. The largest absolute Gasteiger partial charge is 0.392 e. The zero-order valence-electron chi connectivity index (χ0n) is 9.26. The van der Waals surface area contributed by atoms with Gasteiger partial charge >= 0.3 is 8.56 Å². The highest BCUT2D eigenvalue weighted by atomic mass is 79.9. The van der Waals surface area contributed by atoms with E-state index in [9.17, 15) is 0 Å². The van der Waals surface area contributed by atoms with Crippen LogP contribution in [0, 0.1) is 0 Å². The molecule has 13 heavy (non-hydrogen) atoms. The Balaban J connectivity index is 4.15. The van der Waals surface area contributed by atoms with Crippen molar-refractivity contribution in [1.29, 1.82) is 0 Å². The van der Waals surface area contributed by atoms with E-state index in [2.05, 4.69) is 50.2 Å². The standard InChI is InChI=1S/C9H21BrO2Si/c1-8(2)11-13(5,7-6-10)12-9(3)4/h8-9H,6-7H2,1-5H3. The van der Waals surface area contributed by atoms with Crippen molar-refractivity contribution < 1.29 is 8.85 Å². The van der Waals surface area contributed by atoms with E-state index in [4.69, 9.17) is 8.85 Å². The summed E-state index contributed by atoms with van der Waals surface area (Å²) in [5.41, 5.74) is 0. The van der Waals surface area contributed by atoms with Crippen LogP contribution in [-0.4, -0.2) is 26.1 Å². The summed E-state index contributed by atoms with van der Waals surface area (Å²) < 4.78 is 11.8. The highest BCUT2D eigenvalue weighted by Gasteiger charge is 2.32. The van der Waals surface area contributed by atoms with E-state index < -0.39 is 8.56 Å². The summed E-state index contributed by atoms with van der Waals surface area (Å²) in [4.78, 5) is 0. The predicted octanol–water partition coefficient (Wildman–Crippen LogP) is 3.30. The number of alkyl halides is 1. The number of rotatable bonds is 6. The zero-order chi connectivity index (χ0) is 10.5. The van der Waals surface area contributed by atoms with Gasteiger partial charge in [0.15, 0.2) is 0 Å². The molecule has 0 spiro atoms. The van der Waals surface area contributed by atoms with Gasteiger partial charge in [-0.15, -0.1) is 0 Å². The van der Waals surface area contributed by atoms with Gasteiger partial charge in [-0.05, 0) is 34.2 Å². The smallest absolute Gasteiger partial charge is 0.336 e. The van der Waals surface area contributed by atoms with E-state index in [0.29, 0.717) is 0 Å². The van der Waals surface area contributed by atoms with Gasteiger partial charge < -0.3 is 8.85 Å². The van der Waals surface area contributed by atoms with Gasteiger partial charge in [-0.1, -0.05) is 15.9 Å². The number of hydrogen-bond acceptors (Lipinski definition) is 2. The Hall–Kier alpha value is 0.617. The first kappa shape index (κ1) is 13.6. The summed E-state index contributed by atoms with van der Waals surface area (Å²) in [6.07, 6.45) is 0.518. The average Bonchev–Trinajstić information content (AvgIpc) is 1.81. The summed E-state index contributed by atoms with van der Waals surface area (Å²) in [5.74, 6) is 0. The average molecular weight is 269 g/mol. The molecule has 0 saturated carbocycles. The van der Waals surface area contributed by atoms with Crippen molar-refractivity contribution in [2.45, 2.75) is 52.5 Å². The third-order valence-corrected chi connectivity index (χ3v) is 5.75. The first-order chi connectivity index (χ1) is 5.89. The number of halogens is 1. The van der Waals surface area contributed by atoms with Gasteiger partial charge in [0.2, 0.25) is 0 Å². The lowest BCUT2D eigenvalue weighted by Crippen LogP contribution is -2.43. The third-order valence-electron chi connectivity index (χ3n) is 1.52. The van der Waals surface area contributed by atoms with Gasteiger partial charge in [0.25, 0.3) is 0 Å². The molecular formula is C9H21BrO2Si. The molecule has 0 fully saturated rings. The van der Waals surface area contributed by atoms with E-state index in [-0.39, 0.29) is 12.2 Å². The van der Waals surface area contributed by atoms with Crippen LogP contribution in [0.4, 0.5) is 0 Å². The SMILES string of the molecule is CC(C)O[Si](C)(CCBr)OC(C)C. The molecule has 0 unspecified atom stereocenters. The molecule has 0 aliphatic heterocycles. The molecular weight excluding hydrogens is 248 g/mol. The van der Waals surface area contributed by atoms with Crippen molar-refractivity contribution in [3.63, 3.8) is 0 Å². The van der Waals surface area contributed by atoms with E-state index in [0.717, 1.165) is 11.4 Å². The van der Waals surface area contributed by atoms with Crippen LogP contribution in [0.1, 0.15) is 27.7 Å². The fraction of sp³-hybridized carbons (Fsp3) is 1.00. The maximum absolute atomic E-state index is 5.88. The Bertz CT molecular complexity index is 130. The molecule has 0 heterocycles. The molecule has 0 bridgehead atoms. The van der Waals surface area contributed by atoms with Gasteiger partial charge in [-0.25, -0.2) is 0 Å². The minimum atomic E-state index is -1.92. The van der Waals surface area contributed by atoms with Crippen LogP contribution in [0.2, 0.25) is 12.6 Å². The summed E-state index contributed by atoms with van der Waals surface area (Å²) in [6, 6.07) is 1.00. The lowest BCUT2D eigenvalue weighted by atomic mass is 10.5. The van der Waals surface area contributed by atoms with Gasteiger partial charge in [0, 0.05) is 23.6 Å². The van der Waals surface area contributed by atoms with Gasteiger partial charge in [-0.3, -0.25) is 0 Å². The molecule has 0 radical (unpaired) electrons. The molecule has 4 heteroatoms. The highest BCUT2D eigenvalue weighted by Crippen LogP contribution is 2.18. The quantitative estimate of drug-likeness (QED) is 0.544. The molecule has 2 nitrogen and oxygen atoms in total. The Morgan fingerprint density at radius 3 is 1.69 bits per heavy atom. The molecule has 0 atom stereocenters. The topological polar surface area (TPSA) is 18.5 Å². The fourth-order valence-electron chi connectivity index (χ4n) is 1.31. The van der Waals surface area contributed by atoms with Crippen LogP contribution in [0.15, 0.2) is 0 Å². The van der Waals surface area contributed by atoms with Crippen molar-refractivity contribution in [3.05, 3.63) is 0 Å². The molecule has 0 N–H and O–H groups in total. The molecule has 0 amide bonds. The molecule has 0 aliphatic carbocycles. The Kier molecular flexibility index (Phi) is 6.46. The molecule has 0 rings (SSSR count). The monoisotopic (exact) mass is 268 g/mol. The number of hydrogen-bond donors (Lipinski definition) is 0. The summed E-state index contributed by atoms with van der Waals surface area (Å²) in [7, 11) is -1.92. The molecule has 0 aromatic rings.